The second kappa shape index (κ2) is 4.46. The van der Waals surface area contributed by atoms with Gasteiger partial charge in [0.15, 0.2) is 5.79 Å². The average Bonchev–Trinajstić information content (AvgIpc) is 2.79. The summed E-state index contributed by atoms with van der Waals surface area (Å²) in [4.78, 5) is 0. The van der Waals surface area contributed by atoms with E-state index in [-0.39, 0.29) is 5.92 Å². The molecule has 20 heavy (non-hydrogen) atoms. The molecule has 4 saturated carbocycles. The number of hydrogen-bond donors (Lipinski definition) is 2. The lowest BCUT2D eigenvalue weighted by Gasteiger charge is -2.57. The third-order valence-corrected chi connectivity index (χ3v) is 7.77. The van der Waals surface area contributed by atoms with E-state index >= 15 is 0 Å². The third-order valence-electron chi connectivity index (χ3n) is 7.77. The summed E-state index contributed by atoms with van der Waals surface area (Å²) in [6.45, 7) is 2.51. The number of aliphatic hydroxyl groups is 2. The molecule has 4 fully saturated rings. The number of rotatable bonds is 0. The van der Waals surface area contributed by atoms with Gasteiger partial charge in [-0.25, -0.2) is 0 Å². The van der Waals surface area contributed by atoms with E-state index in [4.69, 9.17) is 0 Å². The molecule has 6 atom stereocenters. The van der Waals surface area contributed by atoms with Gasteiger partial charge in [-0.1, -0.05) is 13.3 Å². The topological polar surface area (TPSA) is 40.5 Å². The Labute approximate surface area is 123 Å². The smallest absolute Gasteiger partial charge is 0.165 e. The average molecular weight is 278 g/mol. The number of fused-ring (bicyclic) bond motifs is 5. The summed E-state index contributed by atoms with van der Waals surface area (Å²) in [5.41, 5.74) is 0.580. The molecule has 4 aliphatic carbocycles. The minimum Gasteiger partial charge on any atom is -0.365 e. The first kappa shape index (κ1) is 13.6. The second-order valence-electron chi connectivity index (χ2n) is 8.65. The van der Waals surface area contributed by atoms with E-state index in [2.05, 4.69) is 6.92 Å². The maximum absolute atomic E-state index is 10.6. The fourth-order valence-electron chi connectivity index (χ4n) is 6.94. The van der Waals surface area contributed by atoms with E-state index in [1.165, 1.54) is 51.4 Å². The van der Waals surface area contributed by atoms with Crippen LogP contribution in [0.15, 0.2) is 0 Å². The Morgan fingerprint density at radius 1 is 0.800 bits per heavy atom. The predicted octanol–water partition coefficient (Wildman–Crippen LogP) is 3.71. The minimum atomic E-state index is -1.36. The van der Waals surface area contributed by atoms with Crippen LogP contribution in [0.25, 0.3) is 0 Å². The molecular formula is C18H30O2. The molecule has 0 aliphatic heterocycles. The Morgan fingerprint density at radius 3 is 2.45 bits per heavy atom. The van der Waals surface area contributed by atoms with Crippen molar-refractivity contribution in [2.24, 2.45) is 35.0 Å². The first-order valence-electron chi connectivity index (χ1n) is 8.96. The molecule has 2 heteroatoms. The summed E-state index contributed by atoms with van der Waals surface area (Å²) in [5.74, 6) is 1.67. The van der Waals surface area contributed by atoms with Crippen LogP contribution in [0.4, 0.5) is 0 Å². The molecule has 0 amide bonds. The van der Waals surface area contributed by atoms with Crippen molar-refractivity contribution >= 4 is 0 Å². The zero-order valence-corrected chi connectivity index (χ0v) is 12.9. The molecule has 2 nitrogen and oxygen atoms in total. The maximum Gasteiger partial charge on any atom is 0.165 e. The quantitative estimate of drug-likeness (QED) is 0.663. The first-order valence-corrected chi connectivity index (χ1v) is 8.96. The molecule has 2 N–H and O–H groups in total. The Bertz CT molecular complexity index is 391. The van der Waals surface area contributed by atoms with Crippen LogP contribution < -0.4 is 0 Å². The van der Waals surface area contributed by atoms with Gasteiger partial charge in [0.05, 0.1) is 0 Å². The molecule has 4 rings (SSSR count). The van der Waals surface area contributed by atoms with Gasteiger partial charge in [0.1, 0.15) is 0 Å². The summed E-state index contributed by atoms with van der Waals surface area (Å²) in [7, 11) is 0. The predicted molar refractivity (Wildman–Crippen MR) is 78.9 cm³/mol. The molecule has 0 heterocycles. The van der Waals surface area contributed by atoms with E-state index in [1.807, 2.05) is 0 Å². The van der Waals surface area contributed by atoms with Gasteiger partial charge in [-0.2, -0.15) is 0 Å². The Balaban J connectivity index is 1.64. The zero-order chi connectivity index (χ0) is 14.0. The van der Waals surface area contributed by atoms with Crippen LogP contribution in [-0.4, -0.2) is 16.0 Å². The minimum absolute atomic E-state index is 0.181. The highest BCUT2D eigenvalue weighted by Crippen LogP contribution is 2.63. The lowest BCUT2D eigenvalue weighted by atomic mass is 9.50. The Morgan fingerprint density at radius 2 is 1.60 bits per heavy atom. The highest BCUT2D eigenvalue weighted by molar-refractivity contribution is 5.05. The number of hydrogen-bond acceptors (Lipinski definition) is 2. The van der Waals surface area contributed by atoms with Gasteiger partial charge in [-0.05, 0) is 80.5 Å². The first-order chi connectivity index (χ1) is 9.51. The zero-order valence-electron chi connectivity index (χ0n) is 12.9. The van der Waals surface area contributed by atoms with Crippen molar-refractivity contribution < 1.29 is 10.2 Å². The van der Waals surface area contributed by atoms with E-state index in [9.17, 15) is 10.2 Å². The van der Waals surface area contributed by atoms with Gasteiger partial charge in [0.2, 0.25) is 0 Å². The summed E-state index contributed by atoms with van der Waals surface area (Å²) in [6, 6.07) is 0. The molecule has 0 aromatic carbocycles. The van der Waals surface area contributed by atoms with Crippen LogP contribution in [0, 0.1) is 35.0 Å². The summed E-state index contributed by atoms with van der Waals surface area (Å²) < 4.78 is 0. The largest absolute Gasteiger partial charge is 0.365 e. The fourth-order valence-corrected chi connectivity index (χ4v) is 6.94. The Hall–Kier alpha value is -0.0800. The molecule has 0 spiro atoms. The highest BCUT2D eigenvalue weighted by Gasteiger charge is 2.57. The molecule has 0 aromatic rings. The van der Waals surface area contributed by atoms with Crippen molar-refractivity contribution in [1.29, 1.82) is 0 Å². The maximum atomic E-state index is 10.6. The summed E-state index contributed by atoms with van der Waals surface area (Å²) >= 11 is 0. The normalized spacial score (nSPS) is 53.9. The summed E-state index contributed by atoms with van der Waals surface area (Å²) in [5, 5.41) is 21.1. The van der Waals surface area contributed by atoms with Gasteiger partial charge in [-0.3, -0.25) is 0 Å². The van der Waals surface area contributed by atoms with Crippen molar-refractivity contribution in [3.05, 3.63) is 0 Å². The fraction of sp³-hybridized carbons (Fsp3) is 1.00. The van der Waals surface area contributed by atoms with Crippen LogP contribution >= 0.6 is 0 Å². The van der Waals surface area contributed by atoms with Gasteiger partial charge in [0, 0.05) is 12.3 Å². The van der Waals surface area contributed by atoms with Crippen LogP contribution in [0.3, 0.4) is 0 Å². The van der Waals surface area contributed by atoms with Crippen LogP contribution in [0.2, 0.25) is 0 Å². The molecule has 0 saturated heterocycles. The van der Waals surface area contributed by atoms with E-state index < -0.39 is 5.79 Å². The highest BCUT2D eigenvalue weighted by atomic mass is 16.5. The molecule has 1 unspecified atom stereocenters. The second-order valence-corrected chi connectivity index (χ2v) is 8.65. The van der Waals surface area contributed by atoms with E-state index in [0.29, 0.717) is 23.7 Å². The standard InChI is InChI=1S/C18H30O2/c1-17-9-3-5-15(17)13-7-6-12-4-2-10-18(19,20)16(12)14(13)8-11-17/h12-16,19-20H,2-11H2,1H3/t12?,13-,14+,15+,16+,17+/m1/s1. The van der Waals surface area contributed by atoms with Gasteiger partial charge < -0.3 is 10.2 Å². The molecule has 0 radical (unpaired) electrons. The molecule has 4 aliphatic rings. The molecular weight excluding hydrogens is 248 g/mol. The van der Waals surface area contributed by atoms with Crippen molar-refractivity contribution in [2.45, 2.75) is 76.9 Å². The molecule has 114 valence electrons. The van der Waals surface area contributed by atoms with Gasteiger partial charge in [-0.15, -0.1) is 0 Å². The van der Waals surface area contributed by atoms with E-state index in [0.717, 1.165) is 18.3 Å². The van der Waals surface area contributed by atoms with Gasteiger partial charge in [0.25, 0.3) is 0 Å². The molecule has 0 bridgehead atoms. The monoisotopic (exact) mass is 278 g/mol. The van der Waals surface area contributed by atoms with E-state index in [1.54, 1.807) is 0 Å². The van der Waals surface area contributed by atoms with Crippen molar-refractivity contribution in [3.63, 3.8) is 0 Å². The van der Waals surface area contributed by atoms with Crippen LogP contribution in [0.1, 0.15) is 71.1 Å². The lowest BCUT2D eigenvalue weighted by Crippen LogP contribution is -2.55. The Kier molecular flexibility index (Phi) is 3.03. The summed E-state index contributed by atoms with van der Waals surface area (Å²) in [6.07, 6.45) is 12.3. The van der Waals surface area contributed by atoms with Crippen LogP contribution in [-0.2, 0) is 0 Å². The lowest BCUT2D eigenvalue weighted by molar-refractivity contribution is -0.264. The van der Waals surface area contributed by atoms with Crippen molar-refractivity contribution in [2.75, 3.05) is 0 Å². The van der Waals surface area contributed by atoms with Crippen molar-refractivity contribution in [3.8, 4) is 0 Å². The molecule has 0 aromatic heterocycles. The van der Waals surface area contributed by atoms with Crippen LogP contribution in [0.5, 0.6) is 0 Å². The SMILES string of the molecule is C[C@@]12CCC[C@H]1[C@@H]1CCC3CCCC(O)(O)[C@@H]3[C@H]1CC2. The van der Waals surface area contributed by atoms with Crippen molar-refractivity contribution in [1.82, 2.24) is 0 Å². The third kappa shape index (κ3) is 1.83. The van der Waals surface area contributed by atoms with Gasteiger partial charge >= 0.3 is 0 Å².